The van der Waals surface area contributed by atoms with Gasteiger partial charge in [0.05, 0.1) is 0 Å². The van der Waals surface area contributed by atoms with E-state index in [2.05, 4.69) is 5.32 Å². The van der Waals surface area contributed by atoms with Crippen molar-refractivity contribution in [3.63, 3.8) is 0 Å². The number of carbonyl (C=O) groups excluding carboxylic acids is 2. The number of primary amides is 1. The molecule has 18 heavy (non-hydrogen) atoms. The maximum Gasteiger partial charge on any atom is 0.240 e. The molecule has 0 bridgehead atoms. The van der Waals surface area contributed by atoms with E-state index in [9.17, 15) is 9.59 Å². The average molecular weight is 253 g/mol. The van der Waals surface area contributed by atoms with Crippen LogP contribution in [0.4, 0.5) is 0 Å². The Hall–Kier alpha value is -1.10. The number of amides is 2. The van der Waals surface area contributed by atoms with Crippen LogP contribution in [0.1, 0.15) is 39.0 Å². The lowest BCUT2D eigenvalue weighted by molar-refractivity contribution is -0.150. The molecule has 2 saturated heterocycles. The predicted octanol–water partition coefficient (Wildman–Crippen LogP) is 0.243. The lowest BCUT2D eigenvalue weighted by Gasteiger charge is -2.41. The molecule has 0 spiro atoms. The third kappa shape index (κ3) is 2.51. The Morgan fingerprint density at radius 1 is 1.28 bits per heavy atom. The van der Waals surface area contributed by atoms with Gasteiger partial charge in [0.25, 0.3) is 0 Å². The summed E-state index contributed by atoms with van der Waals surface area (Å²) in [6.45, 7) is 4.44. The molecule has 102 valence electrons. The first-order valence-corrected chi connectivity index (χ1v) is 6.86. The maximum absolute atomic E-state index is 12.7. The zero-order valence-corrected chi connectivity index (χ0v) is 11.1. The van der Waals surface area contributed by atoms with Crippen molar-refractivity contribution in [1.82, 2.24) is 10.2 Å². The molecule has 5 heteroatoms. The second-order valence-corrected chi connectivity index (χ2v) is 5.72. The van der Waals surface area contributed by atoms with Crippen LogP contribution in [0.25, 0.3) is 0 Å². The normalized spacial score (nSPS) is 27.8. The van der Waals surface area contributed by atoms with Gasteiger partial charge in [0, 0.05) is 12.0 Å². The first-order chi connectivity index (χ1) is 8.54. The van der Waals surface area contributed by atoms with E-state index >= 15 is 0 Å². The van der Waals surface area contributed by atoms with Crippen molar-refractivity contribution in [2.75, 3.05) is 19.6 Å². The Labute approximate surface area is 108 Å². The summed E-state index contributed by atoms with van der Waals surface area (Å²) in [5, 5.41) is 3.27. The summed E-state index contributed by atoms with van der Waals surface area (Å²) in [4.78, 5) is 25.9. The molecule has 0 aromatic rings. The molecule has 2 aliphatic rings. The van der Waals surface area contributed by atoms with Crippen molar-refractivity contribution < 1.29 is 9.59 Å². The van der Waals surface area contributed by atoms with Gasteiger partial charge in [0.1, 0.15) is 6.04 Å². The van der Waals surface area contributed by atoms with Crippen LogP contribution in [0.15, 0.2) is 0 Å². The molecule has 0 aromatic carbocycles. The van der Waals surface area contributed by atoms with Crippen molar-refractivity contribution in [2.24, 2.45) is 11.1 Å². The van der Waals surface area contributed by atoms with E-state index in [4.69, 9.17) is 5.73 Å². The zero-order chi connectivity index (χ0) is 13.2. The van der Waals surface area contributed by atoms with Gasteiger partial charge in [-0.15, -0.1) is 0 Å². The number of hydrogen-bond donors (Lipinski definition) is 2. The highest BCUT2D eigenvalue weighted by atomic mass is 16.2. The van der Waals surface area contributed by atoms with Crippen molar-refractivity contribution in [3.05, 3.63) is 0 Å². The molecule has 1 unspecified atom stereocenters. The van der Waals surface area contributed by atoms with Crippen molar-refractivity contribution in [1.29, 1.82) is 0 Å². The van der Waals surface area contributed by atoms with Gasteiger partial charge < -0.3 is 16.0 Å². The maximum atomic E-state index is 12.7. The summed E-state index contributed by atoms with van der Waals surface area (Å²) in [5.74, 6) is -0.243. The summed E-state index contributed by atoms with van der Waals surface area (Å²) in [5.41, 5.74) is 5.10. The van der Waals surface area contributed by atoms with Gasteiger partial charge in [-0.25, -0.2) is 0 Å². The first-order valence-electron chi connectivity index (χ1n) is 6.86. The minimum Gasteiger partial charge on any atom is -0.368 e. The molecule has 3 N–H and O–H groups in total. The predicted molar refractivity (Wildman–Crippen MR) is 68.8 cm³/mol. The molecular formula is C13H23N3O2. The van der Waals surface area contributed by atoms with Gasteiger partial charge in [-0.2, -0.15) is 0 Å². The molecule has 2 heterocycles. The Morgan fingerprint density at radius 2 is 1.94 bits per heavy atom. The van der Waals surface area contributed by atoms with Crippen molar-refractivity contribution >= 4 is 11.8 Å². The minimum atomic E-state index is -0.391. The second kappa shape index (κ2) is 5.26. The Morgan fingerprint density at radius 3 is 2.56 bits per heavy atom. The van der Waals surface area contributed by atoms with E-state index in [-0.39, 0.29) is 17.2 Å². The largest absolute Gasteiger partial charge is 0.368 e. The van der Waals surface area contributed by atoms with Crippen LogP contribution in [0.5, 0.6) is 0 Å². The van der Waals surface area contributed by atoms with E-state index in [0.29, 0.717) is 6.54 Å². The van der Waals surface area contributed by atoms with Crippen LogP contribution < -0.4 is 11.1 Å². The number of nitrogens with two attached hydrogens (primary N) is 1. The average Bonchev–Trinajstić information content (AvgIpc) is 2.38. The van der Waals surface area contributed by atoms with E-state index in [1.807, 2.05) is 6.92 Å². The molecule has 0 saturated carbocycles. The topological polar surface area (TPSA) is 75.4 Å². The van der Waals surface area contributed by atoms with Crippen LogP contribution in [-0.4, -0.2) is 42.4 Å². The Balaban J connectivity index is 2.12. The number of nitrogens with zero attached hydrogens (tertiary/aromatic N) is 1. The fraction of sp³-hybridized carbons (Fsp3) is 0.846. The van der Waals surface area contributed by atoms with E-state index in [1.165, 1.54) is 0 Å². The number of rotatable bonds is 2. The lowest BCUT2D eigenvalue weighted by atomic mass is 9.78. The van der Waals surface area contributed by atoms with E-state index in [0.717, 1.165) is 45.2 Å². The third-order valence-electron chi connectivity index (χ3n) is 4.32. The zero-order valence-electron chi connectivity index (χ0n) is 11.1. The van der Waals surface area contributed by atoms with E-state index < -0.39 is 6.04 Å². The monoisotopic (exact) mass is 253 g/mol. The highest BCUT2D eigenvalue weighted by molar-refractivity contribution is 5.89. The fourth-order valence-corrected chi connectivity index (χ4v) is 3.01. The molecule has 0 aliphatic carbocycles. The van der Waals surface area contributed by atoms with Crippen LogP contribution in [-0.2, 0) is 9.59 Å². The molecule has 0 radical (unpaired) electrons. The van der Waals surface area contributed by atoms with Crippen molar-refractivity contribution in [2.45, 2.75) is 45.1 Å². The number of hydrogen-bond acceptors (Lipinski definition) is 3. The molecule has 2 fully saturated rings. The molecule has 1 atom stereocenters. The summed E-state index contributed by atoms with van der Waals surface area (Å²) < 4.78 is 0. The quantitative estimate of drug-likeness (QED) is 0.740. The van der Waals surface area contributed by atoms with E-state index in [1.54, 1.807) is 4.90 Å². The standard InChI is InChI=1S/C13H23N3O2/c1-13(5-7-15-8-6-13)12(18)16-9-3-2-4-10(16)11(14)17/h10,15H,2-9H2,1H3,(H2,14,17). The first kappa shape index (κ1) is 13.3. The Kier molecular flexibility index (Phi) is 3.90. The molecular weight excluding hydrogens is 230 g/mol. The smallest absolute Gasteiger partial charge is 0.240 e. The highest BCUT2D eigenvalue weighted by Crippen LogP contribution is 2.32. The summed E-state index contributed by atoms with van der Waals surface area (Å²) in [6.07, 6.45) is 4.36. The second-order valence-electron chi connectivity index (χ2n) is 5.72. The summed E-state index contributed by atoms with van der Waals surface area (Å²) in [6, 6.07) is -0.391. The third-order valence-corrected chi connectivity index (χ3v) is 4.32. The van der Waals surface area contributed by atoms with Crippen LogP contribution in [0.2, 0.25) is 0 Å². The number of piperidine rings is 2. The number of nitrogens with one attached hydrogen (secondary N) is 1. The SMILES string of the molecule is CC1(C(=O)N2CCCCC2C(N)=O)CCNCC1. The lowest BCUT2D eigenvalue weighted by Crippen LogP contribution is -2.56. The van der Waals surface area contributed by atoms with Gasteiger partial charge in [-0.05, 0) is 45.2 Å². The molecule has 2 amide bonds. The molecule has 5 nitrogen and oxygen atoms in total. The van der Waals surface area contributed by atoms with Crippen molar-refractivity contribution in [3.8, 4) is 0 Å². The summed E-state index contributed by atoms with van der Waals surface area (Å²) >= 11 is 0. The number of likely N-dealkylation sites (tertiary alicyclic amines) is 1. The van der Waals surface area contributed by atoms with Gasteiger partial charge in [-0.3, -0.25) is 9.59 Å². The molecule has 2 aliphatic heterocycles. The minimum absolute atomic E-state index is 0.118. The van der Waals surface area contributed by atoms with Crippen LogP contribution >= 0.6 is 0 Å². The van der Waals surface area contributed by atoms with Crippen LogP contribution in [0, 0.1) is 5.41 Å². The van der Waals surface area contributed by atoms with Gasteiger partial charge in [-0.1, -0.05) is 6.92 Å². The summed E-state index contributed by atoms with van der Waals surface area (Å²) in [7, 11) is 0. The fourth-order valence-electron chi connectivity index (χ4n) is 3.01. The Bertz CT molecular complexity index is 337. The van der Waals surface area contributed by atoms with Crippen LogP contribution in [0.3, 0.4) is 0 Å². The highest BCUT2D eigenvalue weighted by Gasteiger charge is 2.41. The molecule has 2 rings (SSSR count). The number of carbonyl (C=O) groups is 2. The van der Waals surface area contributed by atoms with Gasteiger partial charge >= 0.3 is 0 Å². The van der Waals surface area contributed by atoms with Gasteiger partial charge in [0.15, 0.2) is 0 Å². The molecule has 0 aromatic heterocycles. The van der Waals surface area contributed by atoms with Gasteiger partial charge in [0.2, 0.25) is 11.8 Å².